The first-order chi connectivity index (χ1) is 10.5. The van der Waals surface area contributed by atoms with Crippen LogP contribution in [0.5, 0.6) is 0 Å². The van der Waals surface area contributed by atoms with E-state index in [4.69, 9.17) is 0 Å². The van der Waals surface area contributed by atoms with Gasteiger partial charge in [-0.1, -0.05) is 47.5 Å². The van der Waals surface area contributed by atoms with E-state index in [1.165, 1.54) is 18.4 Å². The summed E-state index contributed by atoms with van der Waals surface area (Å²) in [4.78, 5) is 9.01. The number of hydrogen-bond donors (Lipinski definition) is 0. The maximum atomic E-state index is 4.50. The largest absolute Gasteiger partial charge is 0.331 e. The highest BCUT2D eigenvalue weighted by Gasteiger charge is 2.10. The van der Waals surface area contributed by atoms with Crippen molar-refractivity contribution in [1.82, 2.24) is 0 Å². The SMILES string of the molecule is CCCCN=Cc1[c-]c(C=NCCCC)cc(C(C)(C)C)c1. The molecule has 0 aliphatic rings. The molecule has 0 N–H and O–H groups in total. The molecule has 0 amide bonds. The summed E-state index contributed by atoms with van der Waals surface area (Å²) in [5.74, 6) is 0. The predicted molar refractivity (Wildman–Crippen MR) is 98.7 cm³/mol. The first-order valence-corrected chi connectivity index (χ1v) is 8.55. The molecule has 22 heavy (non-hydrogen) atoms. The molecule has 2 nitrogen and oxygen atoms in total. The second-order valence-corrected chi connectivity index (χ2v) is 6.81. The van der Waals surface area contributed by atoms with Crippen molar-refractivity contribution in [2.75, 3.05) is 13.1 Å². The monoisotopic (exact) mass is 299 g/mol. The summed E-state index contributed by atoms with van der Waals surface area (Å²) in [6.07, 6.45) is 8.54. The van der Waals surface area contributed by atoms with Crippen LogP contribution in [0.15, 0.2) is 22.1 Å². The molecule has 0 fully saturated rings. The van der Waals surface area contributed by atoms with Crippen molar-refractivity contribution in [3.8, 4) is 0 Å². The van der Waals surface area contributed by atoms with Crippen LogP contribution in [-0.4, -0.2) is 25.5 Å². The highest BCUT2D eigenvalue weighted by molar-refractivity contribution is 5.86. The number of nitrogens with zero attached hydrogens (tertiary/aromatic N) is 2. The van der Waals surface area contributed by atoms with Gasteiger partial charge in [-0.25, -0.2) is 0 Å². The molecule has 0 spiro atoms. The van der Waals surface area contributed by atoms with Gasteiger partial charge in [0.15, 0.2) is 0 Å². The quantitative estimate of drug-likeness (QED) is 0.357. The van der Waals surface area contributed by atoms with Gasteiger partial charge in [0.05, 0.1) is 0 Å². The van der Waals surface area contributed by atoms with E-state index in [-0.39, 0.29) is 5.41 Å². The highest BCUT2D eigenvalue weighted by Crippen LogP contribution is 2.23. The first-order valence-electron chi connectivity index (χ1n) is 8.55. The lowest BCUT2D eigenvalue weighted by Crippen LogP contribution is -2.12. The molecule has 0 heterocycles. The smallest absolute Gasteiger partial charge is 0.0302 e. The second kappa shape index (κ2) is 9.55. The average Bonchev–Trinajstić information content (AvgIpc) is 2.47. The zero-order chi connectivity index (χ0) is 16.4. The van der Waals surface area contributed by atoms with Crippen molar-refractivity contribution in [2.24, 2.45) is 9.98 Å². The Bertz CT molecular complexity index is 457. The van der Waals surface area contributed by atoms with Gasteiger partial charge >= 0.3 is 0 Å². The van der Waals surface area contributed by atoms with Gasteiger partial charge in [0.2, 0.25) is 0 Å². The van der Waals surface area contributed by atoms with Crippen LogP contribution in [0.3, 0.4) is 0 Å². The minimum Gasteiger partial charge on any atom is -0.331 e. The Hall–Kier alpha value is -1.44. The summed E-state index contributed by atoms with van der Waals surface area (Å²) >= 11 is 0. The summed E-state index contributed by atoms with van der Waals surface area (Å²) in [5.41, 5.74) is 3.54. The molecule has 2 heteroatoms. The van der Waals surface area contributed by atoms with E-state index in [0.717, 1.165) is 37.1 Å². The molecule has 0 unspecified atom stereocenters. The van der Waals surface area contributed by atoms with Gasteiger partial charge in [-0.15, -0.1) is 34.9 Å². The van der Waals surface area contributed by atoms with Crippen LogP contribution < -0.4 is 0 Å². The third-order valence-electron chi connectivity index (χ3n) is 3.52. The van der Waals surface area contributed by atoms with Crippen LogP contribution in [0, 0.1) is 6.07 Å². The molecule has 0 saturated heterocycles. The van der Waals surface area contributed by atoms with Crippen molar-refractivity contribution < 1.29 is 0 Å². The lowest BCUT2D eigenvalue weighted by molar-refractivity contribution is 0.590. The third-order valence-corrected chi connectivity index (χ3v) is 3.52. The first kappa shape index (κ1) is 18.6. The maximum Gasteiger partial charge on any atom is 0.0302 e. The minimum absolute atomic E-state index is 0.118. The standard InChI is InChI=1S/C20H31N2/c1-6-8-10-21-15-17-12-18(16-22-11-9-7-2)14-19(13-17)20(3,4)5/h13-16H,6-11H2,1-5H3/q-1. The van der Waals surface area contributed by atoms with E-state index < -0.39 is 0 Å². The van der Waals surface area contributed by atoms with E-state index in [9.17, 15) is 0 Å². The Morgan fingerprint density at radius 2 is 1.36 bits per heavy atom. The third kappa shape index (κ3) is 7.02. The number of unbranched alkanes of at least 4 members (excludes halogenated alkanes) is 2. The molecule has 0 bridgehead atoms. The lowest BCUT2D eigenvalue weighted by atomic mass is 9.85. The summed E-state index contributed by atoms with van der Waals surface area (Å²) < 4.78 is 0. The Morgan fingerprint density at radius 3 is 1.73 bits per heavy atom. The fourth-order valence-electron chi connectivity index (χ4n) is 2.01. The van der Waals surface area contributed by atoms with Crippen LogP contribution in [0.4, 0.5) is 0 Å². The molecule has 1 aromatic carbocycles. The van der Waals surface area contributed by atoms with Crippen molar-refractivity contribution in [1.29, 1.82) is 0 Å². The van der Waals surface area contributed by atoms with Crippen LogP contribution in [0.1, 0.15) is 77.0 Å². The van der Waals surface area contributed by atoms with Gasteiger partial charge in [-0.2, -0.15) is 0 Å². The van der Waals surface area contributed by atoms with Gasteiger partial charge in [-0.05, 0) is 30.7 Å². The predicted octanol–water partition coefficient (Wildman–Crippen LogP) is 5.22. The fraction of sp³-hybridized carbons (Fsp3) is 0.600. The molecule has 122 valence electrons. The topological polar surface area (TPSA) is 24.7 Å². The zero-order valence-corrected chi connectivity index (χ0v) is 14.9. The molecule has 0 aromatic heterocycles. The summed E-state index contributed by atoms with van der Waals surface area (Å²) in [5, 5.41) is 0. The normalized spacial score (nSPS) is 12.6. The van der Waals surface area contributed by atoms with Gasteiger partial charge in [0, 0.05) is 13.1 Å². The number of aliphatic imine (C=N–C) groups is 2. The minimum atomic E-state index is 0.118. The van der Waals surface area contributed by atoms with E-state index in [0.29, 0.717) is 0 Å². The van der Waals surface area contributed by atoms with Crippen LogP contribution in [-0.2, 0) is 5.41 Å². The van der Waals surface area contributed by atoms with E-state index in [1.807, 2.05) is 12.4 Å². The molecule has 0 aliphatic heterocycles. The molecule has 1 aromatic rings. The number of rotatable bonds is 8. The molecule has 0 atom stereocenters. The summed E-state index contributed by atoms with van der Waals surface area (Å²) in [6, 6.07) is 7.80. The van der Waals surface area contributed by atoms with Gasteiger partial charge < -0.3 is 9.98 Å². The van der Waals surface area contributed by atoms with Crippen molar-refractivity contribution in [3.05, 3.63) is 34.9 Å². The molecule has 0 saturated carbocycles. The Morgan fingerprint density at radius 1 is 0.909 bits per heavy atom. The second-order valence-electron chi connectivity index (χ2n) is 6.81. The van der Waals surface area contributed by atoms with Crippen LogP contribution in [0.2, 0.25) is 0 Å². The van der Waals surface area contributed by atoms with E-state index in [2.05, 4.69) is 62.8 Å². The number of benzene rings is 1. The van der Waals surface area contributed by atoms with Gasteiger partial charge in [0.1, 0.15) is 0 Å². The zero-order valence-electron chi connectivity index (χ0n) is 14.9. The van der Waals surface area contributed by atoms with Crippen molar-refractivity contribution >= 4 is 12.4 Å². The summed E-state index contributed by atoms with van der Waals surface area (Å²) in [6.45, 7) is 12.9. The summed E-state index contributed by atoms with van der Waals surface area (Å²) in [7, 11) is 0. The Kier molecular flexibility index (Phi) is 8.08. The fourth-order valence-corrected chi connectivity index (χ4v) is 2.01. The van der Waals surface area contributed by atoms with Gasteiger partial charge in [-0.3, -0.25) is 0 Å². The molecule has 1 rings (SSSR count). The maximum absolute atomic E-state index is 4.50. The Labute approximate surface area is 136 Å². The Balaban J connectivity index is 2.95. The molecule has 0 aliphatic carbocycles. The lowest BCUT2D eigenvalue weighted by Gasteiger charge is -2.24. The molecular weight excluding hydrogens is 268 g/mol. The average molecular weight is 299 g/mol. The number of hydrogen-bond acceptors (Lipinski definition) is 2. The van der Waals surface area contributed by atoms with Crippen LogP contribution in [0.25, 0.3) is 0 Å². The van der Waals surface area contributed by atoms with Crippen LogP contribution >= 0.6 is 0 Å². The van der Waals surface area contributed by atoms with Gasteiger partial charge in [0.25, 0.3) is 0 Å². The highest BCUT2D eigenvalue weighted by atomic mass is 14.7. The molecular formula is C20H31N2-. The van der Waals surface area contributed by atoms with E-state index in [1.54, 1.807) is 0 Å². The van der Waals surface area contributed by atoms with E-state index >= 15 is 0 Å². The van der Waals surface area contributed by atoms with Crippen molar-refractivity contribution in [3.63, 3.8) is 0 Å². The van der Waals surface area contributed by atoms with Crippen molar-refractivity contribution in [2.45, 2.75) is 65.7 Å². The molecule has 0 radical (unpaired) electrons.